The number of aromatic nitrogens is 1. The fraction of sp³-hybridized carbons (Fsp3) is 0.385. The third-order valence-corrected chi connectivity index (χ3v) is 2.46. The summed E-state index contributed by atoms with van der Waals surface area (Å²) >= 11 is 5.31. The summed E-state index contributed by atoms with van der Waals surface area (Å²) in [6.07, 6.45) is 4.19. The quantitative estimate of drug-likeness (QED) is 0.596. The number of hydrogen-bond donors (Lipinski definition) is 1. The number of rotatable bonds is 7. The third-order valence-electron chi connectivity index (χ3n) is 2.10. The van der Waals surface area contributed by atoms with Gasteiger partial charge in [-0.25, -0.2) is 0 Å². The molecule has 4 heteroatoms. The highest BCUT2D eigenvalue weighted by Crippen LogP contribution is 2.16. The highest BCUT2D eigenvalue weighted by molar-refractivity contribution is 7.80. The van der Waals surface area contributed by atoms with Gasteiger partial charge in [0.2, 0.25) is 0 Å². The highest BCUT2D eigenvalue weighted by atomic mass is 32.1. The smallest absolute Gasteiger partial charge is 0.149 e. The van der Waals surface area contributed by atoms with Crippen molar-refractivity contribution in [1.82, 2.24) is 10.3 Å². The molecule has 1 heterocycles. The Labute approximate surface area is 108 Å². The van der Waals surface area contributed by atoms with Crippen molar-refractivity contribution >= 4 is 17.2 Å². The second kappa shape index (κ2) is 7.92. The average molecular weight is 250 g/mol. The van der Waals surface area contributed by atoms with Crippen molar-refractivity contribution < 1.29 is 4.74 Å². The Morgan fingerprint density at radius 3 is 3.06 bits per heavy atom. The van der Waals surface area contributed by atoms with Crippen LogP contribution in [-0.4, -0.2) is 23.1 Å². The molecule has 1 aromatic heterocycles. The van der Waals surface area contributed by atoms with E-state index < -0.39 is 0 Å². The number of nitrogens with one attached hydrogen (secondary N) is 1. The summed E-state index contributed by atoms with van der Waals surface area (Å²) in [5.41, 5.74) is 0.836. The Bertz CT molecular complexity index is 354. The molecule has 17 heavy (non-hydrogen) atoms. The van der Waals surface area contributed by atoms with E-state index in [1.54, 1.807) is 12.3 Å². The third kappa shape index (κ3) is 4.63. The van der Waals surface area contributed by atoms with E-state index in [2.05, 4.69) is 23.8 Å². The summed E-state index contributed by atoms with van der Waals surface area (Å²) in [6.45, 7) is 7.01. The van der Waals surface area contributed by atoms with Crippen LogP contribution in [-0.2, 0) is 4.74 Å². The Morgan fingerprint density at radius 2 is 2.47 bits per heavy atom. The molecule has 1 atom stereocenters. The molecule has 0 radical (unpaired) electrons. The standard InChI is InChI=1S/C13H18N2OS/c1-3-8-15-13(17)12(16-10-4-2)11-7-5-6-9-14-11/h3,5-7,9,12H,1,4,8,10H2,2H3,(H,15,17). The first-order valence-corrected chi connectivity index (χ1v) is 6.11. The Morgan fingerprint density at radius 1 is 1.65 bits per heavy atom. The molecule has 0 spiro atoms. The molecule has 0 aliphatic carbocycles. The van der Waals surface area contributed by atoms with Crippen molar-refractivity contribution in [2.45, 2.75) is 19.4 Å². The molecule has 0 aliphatic heterocycles. The van der Waals surface area contributed by atoms with Crippen molar-refractivity contribution in [1.29, 1.82) is 0 Å². The van der Waals surface area contributed by atoms with E-state index in [0.29, 0.717) is 18.1 Å². The Balaban J connectivity index is 2.72. The van der Waals surface area contributed by atoms with Gasteiger partial charge in [0, 0.05) is 19.3 Å². The molecule has 1 N–H and O–H groups in total. The molecule has 1 rings (SSSR count). The van der Waals surface area contributed by atoms with Crippen LogP contribution < -0.4 is 5.32 Å². The Kier molecular flexibility index (Phi) is 6.43. The predicted octanol–water partition coefficient (Wildman–Crippen LogP) is 2.65. The van der Waals surface area contributed by atoms with E-state index in [0.717, 1.165) is 12.1 Å². The minimum atomic E-state index is -0.272. The molecule has 92 valence electrons. The lowest BCUT2D eigenvalue weighted by molar-refractivity contribution is 0.0954. The van der Waals surface area contributed by atoms with Gasteiger partial charge >= 0.3 is 0 Å². The second-order valence-electron chi connectivity index (χ2n) is 3.54. The minimum Gasteiger partial charge on any atom is -0.374 e. The van der Waals surface area contributed by atoms with Gasteiger partial charge in [0.1, 0.15) is 11.1 Å². The van der Waals surface area contributed by atoms with Crippen LogP contribution >= 0.6 is 12.2 Å². The van der Waals surface area contributed by atoms with Crippen LogP contribution in [0.2, 0.25) is 0 Å². The van der Waals surface area contributed by atoms with Crippen LogP contribution in [0, 0.1) is 0 Å². The number of hydrogen-bond acceptors (Lipinski definition) is 3. The summed E-state index contributed by atoms with van der Waals surface area (Å²) in [6, 6.07) is 5.73. The molecule has 0 amide bonds. The van der Waals surface area contributed by atoms with E-state index in [9.17, 15) is 0 Å². The summed E-state index contributed by atoms with van der Waals surface area (Å²) in [5, 5.41) is 3.09. The van der Waals surface area contributed by atoms with Gasteiger partial charge in [-0.15, -0.1) is 6.58 Å². The van der Waals surface area contributed by atoms with Gasteiger partial charge in [-0.1, -0.05) is 31.3 Å². The van der Waals surface area contributed by atoms with E-state index in [-0.39, 0.29) is 6.10 Å². The number of pyridine rings is 1. The van der Waals surface area contributed by atoms with Gasteiger partial charge in [-0.05, 0) is 18.6 Å². The largest absolute Gasteiger partial charge is 0.374 e. The van der Waals surface area contributed by atoms with Crippen molar-refractivity contribution in [3.63, 3.8) is 0 Å². The molecule has 1 unspecified atom stereocenters. The van der Waals surface area contributed by atoms with E-state index in [1.165, 1.54) is 0 Å². The van der Waals surface area contributed by atoms with Crippen LogP contribution in [0.5, 0.6) is 0 Å². The summed E-state index contributed by atoms with van der Waals surface area (Å²) in [5.74, 6) is 0. The van der Waals surface area contributed by atoms with Crippen LogP contribution in [0.1, 0.15) is 25.1 Å². The predicted molar refractivity (Wildman–Crippen MR) is 74.0 cm³/mol. The highest BCUT2D eigenvalue weighted by Gasteiger charge is 2.17. The summed E-state index contributed by atoms with van der Waals surface area (Å²) < 4.78 is 5.74. The van der Waals surface area contributed by atoms with Crippen molar-refractivity contribution in [3.8, 4) is 0 Å². The van der Waals surface area contributed by atoms with Crippen LogP contribution in [0.25, 0.3) is 0 Å². The van der Waals surface area contributed by atoms with Gasteiger partial charge in [-0.3, -0.25) is 4.98 Å². The van der Waals surface area contributed by atoms with Crippen molar-refractivity contribution in [2.24, 2.45) is 0 Å². The molecule has 0 bridgehead atoms. The van der Waals surface area contributed by atoms with Gasteiger partial charge in [0.25, 0.3) is 0 Å². The van der Waals surface area contributed by atoms with Gasteiger partial charge in [-0.2, -0.15) is 0 Å². The van der Waals surface area contributed by atoms with Crippen LogP contribution in [0.3, 0.4) is 0 Å². The first-order valence-electron chi connectivity index (χ1n) is 5.70. The first kappa shape index (κ1) is 13.8. The molecule has 0 saturated carbocycles. The minimum absolute atomic E-state index is 0.272. The monoisotopic (exact) mass is 250 g/mol. The summed E-state index contributed by atoms with van der Waals surface area (Å²) in [7, 11) is 0. The maximum absolute atomic E-state index is 5.74. The molecule has 1 aromatic rings. The van der Waals surface area contributed by atoms with E-state index in [4.69, 9.17) is 17.0 Å². The second-order valence-corrected chi connectivity index (χ2v) is 3.98. The van der Waals surface area contributed by atoms with E-state index >= 15 is 0 Å². The van der Waals surface area contributed by atoms with Gasteiger partial charge in [0.05, 0.1) is 5.69 Å². The zero-order valence-corrected chi connectivity index (χ0v) is 10.9. The van der Waals surface area contributed by atoms with Crippen molar-refractivity contribution in [3.05, 3.63) is 42.7 Å². The maximum atomic E-state index is 5.74. The van der Waals surface area contributed by atoms with E-state index in [1.807, 2.05) is 18.2 Å². The SMILES string of the molecule is C=CCNC(=S)C(OCCC)c1ccccn1. The number of ether oxygens (including phenoxy) is 1. The molecule has 0 saturated heterocycles. The summed E-state index contributed by atoms with van der Waals surface area (Å²) in [4.78, 5) is 4.93. The lowest BCUT2D eigenvalue weighted by Gasteiger charge is -2.18. The van der Waals surface area contributed by atoms with Crippen LogP contribution in [0.4, 0.5) is 0 Å². The van der Waals surface area contributed by atoms with Gasteiger partial charge in [0.15, 0.2) is 0 Å². The molecule has 0 fully saturated rings. The maximum Gasteiger partial charge on any atom is 0.149 e. The lowest BCUT2D eigenvalue weighted by atomic mass is 10.2. The molecular weight excluding hydrogens is 232 g/mol. The first-order chi connectivity index (χ1) is 8.29. The number of thiocarbonyl (C=S) groups is 1. The number of nitrogens with zero attached hydrogens (tertiary/aromatic N) is 1. The van der Waals surface area contributed by atoms with Crippen LogP contribution in [0.15, 0.2) is 37.1 Å². The topological polar surface area (TPSA) is 34.1 Å². The van der Waals surface area contributed by atoms with Gasteiger partial charge < -0.3 is 10.1 Å². The average Bonchev–Trinajstić information content (AvgIpc) is 2.38. The molecular formula is C13H18N2OS. The zero-order valence-electron chi connectivity index (χ0n) is 10.1. The fourth-order valence-electron chi connectivity index (χ4n) is 1.33. The fourth-order valence-corrected chi connectivity index (χ4v) is 1.60. The lowest BCUT2D eigenvalue weighted by Crippen LogP contribution is -2.30. The zero-order chi connectivity index (χ0) is 12.5. The van der Waals surface area contributed by atoms with Crippen molar-refractivity contribution in [2.75, 3.05) is 13.2 Å². The Hall–Kier alpha value is -1.26. The molecule has 0 aliphatic rings. The molecule has 0 aromatic carbocycles. The molecule has 3 nitrogen and oxygen atoms in total. The normalized spacial score (nSPS) is 11.8.